The molecule has 8 heteroatoms. The Kier molecular flexibility index (Phi) is 5.84. The summed E-state index contributed by atoms with van der Waals surface area (Å²) in [5, 5.41) is 21.2. The van der Waals surface area contributed by atoms with E-state index in [0.29, 0.717) is 24.0 Å². The minimum Gasteiger partial charge on any atom is -0.480 e. The number of nitrogens with one attached hydrogen (secondary N) is 1. The average molecular weight is 388 g/mol. The lowest BCUT2D eigenvalue weighted by Crippen LogP contribution is -2.52. The summed E-state index contributed by atoms with van der Waals surface area (Å²) in [4.78, 5) is 23.6. The summed E-state index contributed by atoms with van der Waals surface area (Å²) in [6.07, 6.45) is 2.55. The van der Waals surface area contributed by atoms with Crippen LogP contribution in [0.25, 0.3) is 0 Å². The Morgan fingerprint density at radius 1 is 1.30 bits per heavy atom. The van der Waals surface area contributed by atoms with Crippen LogP contribution in [0.5, 0.6) is 0 Å². The summed E-state index contributed by atoms with van der Waals surface area (Å²) in [7, 11) is 0. The highest BCUT2D eigenvalue weighted by Gasteiger charge is 2.33. The minimum absolute atomic E-state index is 0.0977. The van der Waals surface area contributed by atoms with Gasteiger partial charge in [-0.05, 0) is 31.7 Å². The molecular formula is C19H24N4O3S. The molecule has 7 nitrogen and oxygen atoms in total. The first kappa shape index (κ1) is 19.4. The number of hydrogen-bond acceptors (Lipinski definition) is 5. The standard InChI is InChI=1S/C19H24N4O3S/c1-3-19(2,17(25)26)20-15(24)12-27-18-22-21-16(14-9-10-14)23(18)11-13-7-5-4-6-8-13/h4-8,14H,3,9-12H2,1-2H3,(H,20,24)(H,25,26). The van der Waals surface area contributed by atoms with Crippen molar-refractivity contribution in [2.45, 2.75) is 56.3 Å². The van der Waals surface area contributed by atoms with Gasteiger partial charge in [0, 0.05) is 5.92 Å². The number of carboxylic acids is 1. The molecule has 144 valence electrons. The Morgan fingerprint density at radius 3 is 2.59 bits per heavy atom. The molecule has 0 spiro atoms. The lowest BCUT2D eigenvalue weighted by molar-refractivity contribution is -0.146. The molecule has 1 fully saturated rings. The third-order valence-corrected chi connectivity index (χ3v) is 5.77. The predicted molar refractivity (Wildman–Crippen MR) is 103 cm³/mol. The molecule has 1 aromatic heterocycles. The van der Waals surface area contributed by atoms with E-state index in [2.05, 4.69) is 32.2 Å². The lowest BCUT2D eigenvalue weighted by Gasteiger charge is -2.24. The van der Waals surface area contributed by atoms with E-state index >= 15 is 0 Å². The Morgan fingerprint density at radius 2 is 2.00 bits per heavy atom. The summed E-state index contributed by atoms with van der Waals surface area (Å²) in [6, 6.07) is 10.1. The second-order valence-electron chi connectivity index (χ2n) is 7.01. The van der Waals surface area contributed by atoms with Crippen LogP contribution in [0.15, 0.2) is 35.5 Å². The van der Waals surface area contributed by atoms with Crippen LogP contribution in [0.2, 0.25) is 0 Å². The van der Waals surface area contributed by atoms with Gasteiger partial charge in [-0.15, -0.1) is 10.2 Å². The quantitative estimate of drug-likeness (QED) is 0.641. The molecular weight excluding hydrogens is 364 g/mol. The molecule has 1 unspecified atom stereocenters. The van der Waals surface area contributed by atoms with Crippen molar-refractivity contribution in [2.24, 2.45) is 0 Å². The van der Waals surface area contributed by atoms with E-state index in [-0.39, 0.29) is 11.7 Å². The molecule has 2 aromatic rings. The number of nitrogens with zero attached hydrogens (tertiary/aromatic N) is 3. The van der Waals surface area contributed by atoms with Gasteiger partial charge in [-0.2, -0.15) is 0 Å². The fraction of sp³-hybridized carbons (Fsp3) is 0.474. The van der Waals surface area contributed by atoms with Gasteiger partial charge in [-0.25, -0.2) is 4.79 Å². The zero-order chi connectivity index (χ0) is 19.4. The number of thioether (sulfide) groups is 1. The van der Waals surface area contributed by atoms with E-state index in [0.717, 1.165) is 24.2 Å². The molecule has 1 aliphatic carbocycles. The average Bonchev–Trinajstić information content (AvgIpc) is 3.42. The molecule has 0 bridgehead atoms. The van der Waals surface area contributed by atoms with Gasteiger partial charge in [0.25, 0.3) is 0 Å². The number of carbonyl (C=O) groups is 2. The predicted octanol–water partition coefficient (Wildman–Crippen LogP) is 2.67. The Bertz CT molecular complexity index is 820. The lowest BCUT2D eigenvalue weighted by atomic mass is 9.99. The largest absolute Gasteiger partial charge is 0.480 e. The van der Waals surface area contributed by atoms with Crippen LogP contribution in [0.4, 0.5) is 0 Å². The normalized spacial score (nSPS) is 15.9. The van der Waals surface area contributed by atoms with Crippen LogP contribution in [0, 0.1) is 0 Å². The third kappa shape index (κ3) is 4.68. The number of aliphatic carboxylic acids is 1. The zero-order valence-electron chi connectivity index (χ0n) is 15.5. The van der Waals surface area contributed by atoms with Crippen molar-refractivity contribution < 1.29 is 14.7 Å². The summed E-state index contributed by atoms with van der Waals surface area (Å²) < 4.78 is 2.07. The second kappa shape index (κ2) is 8.12. The van der Waals surface area contributed by atoms with E-state index in [1.54, 1.807) is 6.92 Å². The van der Waals surface area contributed by atoms with Crippen molar-refractivity contribution >= 4 is 23.6 Å². The number of hydrogen-bond donors (Lipinski definition) is 2. The van der Waals surface area contributed by atoms with Crippen molar-refractivity contribution in [3.8, 4) is 0 Å². The fourth-order valence-corrected chi connectivity index (χ4v) is 3.48. The molecule has 0 radical (unpaired) electrons. The van der Waals surface area contributed by atoms with E-state index in [4.69, 9.17) is 0 Å². The smallest absolute Gasteiger partial charge is 0.329 e. The highest BCUT2D eigenvalue weighted by Crippen LogP contribution is 2.40. The Hall–Kier alpha value is -2.35. The van der Waals surface area contributed by atoms with Crippen molar-refractivity contribution in [1.82, 2.24) is 20.1 Å². The van der Waals surface area contributed by atoms with E-state index in [1.165, 1.54) is 18.7 Å². The monoisotopic (exact) mass is 388 g/mol. The number of carboxylic acid groups (broad SMARTS) is 1. The van der Waals surface area contributed by atoms with Gasteiger partial charge in [0.1, 0.15) is 11.4 Å². The molecule has 0 aliphatic heterocycles. The van der Waals surface area contributed by atoms with E-state index in [1.807, 2.05) is 18.2 Å². The van der Waals surface area contributed by atoms with Gasteiger partial charge in [-0.3, -0.25) is 4.79 Å². The van der Waals surface area contributed by atoms with Crippen LogP contribution in [-0.2, 0) is 16.1 Å². The number of aromatic nitrogens is 3. The summed E-state index contributed by atoms with van der Waals surface area (Å²) in [5.74, 6) is 0.145. The van der Waals surface area contributed by atoms with Crippen LogP contribution in [0.3, 0.4) is 0 Å². The second-order valence-corrected chi connectivity index (χ2v) is 7.96. The van der Waals surface area contributed by atoms with Crippen LogP contribution < -0.4 is 5.32 Å². The fourth-order valence-electron chi connectivity index (χ4n) is 2.73. The molecule has 1 aromatic carbocycles. The maximum absolute atomic E-state index is 12.3. The molecule has 1 heterocycles. The number of carbonyl (C=O) groups excluding carboxylic acids is 1. The van der Waals surface area contributed by atoms with Gasteiger partial charge in [0.15, 0.2) is 5.16 Å². The van der Waals surface area contributed by atoms with Crippen molar-refractivity contribution in [2.75, 3.05) is 5.75 Å². The third-order valence-electron chi connectivity index (χ3n) is 4.80. The SMILES string of the molecule is CCC(C)(NC(=O)CSc1nnc(C2CC2)n1Cc1ccccc1)C(=O)O. The van der Waals surface area contributed by atoms with Gasteiger partial charge in [0.2, 0.25) is 5.91 Å². The maximum Gasteiger partial charge on any atom is 0.329 e. The van der Waals surface area contributed by atoms with E-state index in [9.17, 15) is 14.7 Å². The first-order valence-electron chi connectivity index (χ1n) is 9.07. The van der Waals surface area contributed by atoms with Gasteiger partial charge < -0.3 is 15.0 Å². The summed E-state index contributed by atoms with van der Waals surface area (Å²) >= 11 is 1.29. The van der Waals surface area contributed by atoms with Crippen LogP contribution in [-0.4, -0.2) is 43.0 Å². The number of amides is 1. The first-order valence-corrected chi connectivity index (χ1v) is 10.1. The Labute approximate surface area is 162 Å². The number of rotatable bonds is 9. The van der Waals surface area contributed by atoms with Crippen molar-refractivity contribution in [3.05, 3.63) is 41.7 Å². The maximum atomic E-state index is 12.3. The highest BCUT2D eigenvalue weighted by atomic mass is 32.2. The van der Waals surface area contributed by atoms with Gasteiger partial charge in [-0.1, -0.05) is 49.0 Å². The molecule has 1 saturated carbocycles. The molecule has 0 saturated heterocycles. The topological polar surface area (TPSA) is 97.1 Å². The van der Waals surface area contributed by atoms with Crippen molar-refractivity contribution in [3.63, 3.8) is 0 Å². The molecule has 1 atom stereocenters. The van der Waals surface area contributed by atoms with Gasteiger partial charge in [0.05, 0.1) is 12.3 Å². The molecule has 1 amide bonds. The first-order chi connectivity index (χ1) is 12.9. The summed E-state index contributed by atoms with van der Waals surface area (Å²) in [5.41, 5.74) is -0.107. The van der Waals surface area contributed by atoms with Gasteiger partial charge >= 0.3 is 5.97 Å². The van der Waals surface area contributed by atoms with Crippen molar-refractivity contribution in [1.29, 1.82) is 0 Å². The minimum atomic E-state index is -1.26. The zero-order valence-corrected chi connectivity index (χ0v) is 16.3. The molecule has 27 heavy (non-hydrogen) atoms. The molecule has 2 N–H and O–H groups in total. The van der Waals surface area contributed by atoms with E-state index < -0.39 is 11.5 Å². The summed E-state index contributed by atoms with van der Waals surface area (Å²) in [6.45, 7) is 3.91. The Balaban J connectivity index is 1.70. The molecule has 1 aliphatic rings. The molecule has 3 rings (SSSR count). The number of benzene rings is 1. The van der Waals surface area contributed by atoms with Crippen LogP contribution in [0.1, 0.15) is 50.4 Å². The highest BCUT2D eigenvalue weighted by molar-refractivity contribution is 7.99. The van der Waals surface area contributed by atoms with Crippen LogP contribution >= 0.6 is 11.8 Å².